The molecule has 3 N–H and O–H groups in total. The number of halogens is 1. The molecule has 0 aromatic carbocycles. The van der Waals surface area contributed by atoms with Gasteiger partial charge in [-0.2, -0.15) is 4.98 Å². The predicted molar refractivity (Wildman–Crippen MR) is 65.3 cm³/mol. The quantitative estimate of drug-likeness (QED) is 0.555. The summed E-state index contributed by atoms with van der Waals surface area (Å²) in [4.78, 5) is 9.15. The largest absolute Gasteiger partial charge is 0.353 e. The number of sulfone groups is 1. The number of nitrogens with zero attached hydrogens (tertiary/aromatic N) is 3. The van der Waals surface area contributed by atoms with Gasteiger partial charge in [0.25, 0.3) is 0 Å². The first kappa shape index (κ1) is 13.0. The van der Waals surface area contributed by atoms with E-state index in [1.54, 1.807) is 4.90 Å². The summed E-state index contributed by atoms with van der Waals surface area (Å²) in [5, 5.41) is 0. The van der Waals surface area contributed by atoms with Gasteiger partial charge in [-0.1, -0.05) is 0 Å². The maximum atomic E-state index is 13.6. The SMILES string of the molecule is NNc1ncc(F)c(N2CCCS(=O)(=O)CC2)n1. The van der Waals surface area contributed by atoms with E-state index in [0.717, 1.165) is 6.20 Å². The molecule has 2 rings (SSSR count). The Morgan fingerprint density at radius 3 is 2.89 bits per heavy atom. The van der Waals surface area contributed by atoms with Crippen LogP contribution in [0.3, 0.4) is 0 Å². The van der Waals surface area contributed by atoms with Crippen molar-refractivity contribution in [2.45, 2.75) is 6.42 Å². The van der Waals surface area contributed by atoms with Crippen molar-refractivity contribution < 1.29 is 12.8 Å². The Bertz CT molecular complexity index is 536. The number of nitrogen functional groups attached to an aromatic ring is 1. The molecular weight excluding hydrogens is 261 g/mol. The minimum absolute atomic E-state index is 0.00182. The molecule has 0 saturated carbocycles. The molecule has 18 heavy (non-hydrogen) atoms. The number of rotatable bonds is 2. The monoisotopic (exact) mass is 275 g/mol. The molecule has 0 bridgehead atoms. The lowest BCUT2D eigenvalue weighted by Gasteiger charge is -2.21. The zero-order valence-electron chi connectivity index (χ0n) is 9.63. The molecule has 100 valence electrons. The molecule has 1 aliphatic rings. The summed E-state index contributed by atoms with van der Waals surface area (Å²) in [6, 6.07) is 0. The first-order chi connectivity index (χ1) is 8.52. The topological polar surface area (TPSA) is 101 Å². The van der Waals surface area contributed by atoms with Crippen LogP contribution in [0.25, 0.3) is 0 Å². The molecule has 2 heterocycles. The maximum absolute atomic E-state index is 13.6. The second-order valence-corrected chi connectivity index (χ2v) is 6.31. The molecule has 0 aliphatic carbocycles. The standard InChI is InChI=1S/C9H14FN5O2S/c10-7-6-12-9(14-11)13-8(7)15-2-1-4-18(16,17)5-3-15/h6H,1-5,11H2,(H,12,13,14). The highest BCUT2D eigenvalue weighted by Gasteiger charge is 2.22. The van der Waals surface area contributed by atoms with Gasteiger partial charge < -0.3 is 4.90 Å². The van der Waals surface area contributed by atoms with Crippen molar-refractivity contribution in [2.75, 3.05) is 34.9 Å². The van der Waals surface area contributed by atoms with E-state index >= 15 is 0 Å². The van der Waals surface area contributed by atoms with Crippen molar-refractivity contribution in [3.05, 3.63) is 12.0 Å². The Hall–Kier alpha value is -1.48. The fraction of sp³-hybridized carbons (Fsp3) is 0.556. The molecule has 9 heteroatoms. The van der Waals surface area contributed by atoms with Gasteiger partial charge in [0.05, 0.1) is 17.7 Å². The number of nitrogens with one attached hydrogen (secondary N) is 1. The molecule has 1 aromatic heterocycles. The molecule has 7 nitrogen and oxygen atoms in total. The van der Waals surface area contributed by atoms with Crippen LogP contribution in [-0.4, -0.2) is 43.0 Å². The number of anilines is 2. The third kappa shape index (κ3) is 2.85. The highest BCUT2D eigenvalue weighted by atomic mass is 32.2. The minimum atomic E-state index is -3.04. The van der Waals surface area contributed by atoms with Crippen molar-refractivity contribution >= 4 is 21.6 Å². The Morgan fingerprint density at radius 2 is 2.17 bits per heavy atom. The van der Waals surface area contributed by atoms with E-state index in [0.29, 0.717) is 13.0 Å². The van der Waals surface area contributed by atoms with Gasteiger partial charge in [-0.25, -0.2) is 23.6 Å². The van der Waals surface area contributed by atoms with Crippen molar-refractivity contribution in [1.82, 2.24) is 9.97 Å². The highest BCUT2D eigenvalue weighted by Crippen LogP contribution is 2.19. The van der Waals surface area contributed by atoms with Gasteiger partial charge in [-0.05, 0) is 6.42 Å². The van der Waals surface area contributed by atoms with Crippen molar-refractivity contribution in [1.29, 1.82) is 0 Å². The molecule has 1 saturated heterocycles. The Labute approximate surface area is 104 Å². The average molecular weight is 275 g/mol. The zero-order valence-corrected chi connectivity index (χ0v) is 10.5. The van der Waals surface area contributed by atoms with E-state index in [2.05, 4.69) is 15.4 Å². The molecular formula is C9H14FN5O2S. The predicted octanol–water partition coefficient (Wildman–Crippen LogP) is -0.474. The molecule has 0 spiro atoms. The lowest BCUT2D eigenvalue weighted by atomic mass is 10.4. The molecule has 1 aliphatic heterocycles. The van der Waals surface area contributed by atoms with Gasteiger partial charge in [0.1, 0.15) is 0 Å². The summed E-state index contributed by atoms with van der Waals surface area (Å²) in [6.07, 6.45) is 1.47. The summed E-state index contributed by atoms with van der Waals surface area (Å²) in [6.45, 7) is 0.664. The van der Waals surface area contributed by atoms with Crippen LogP contribution in [0.4, 0.5) is 16.2 Å². The summed E-state index contributed by atoms with van der Waals surface area (Å²) >= 11 is 0. The smallest absolute Gasteiger partial charge is 0.239 e. The fourth-order valence-corrected chi connectivity index (χ4v) is 3.07. The molecule has 0 amide bonds. The second kappa shape index (κ2) is 5.02. The van der Waals surface area contributed by atoms with Gasteiger partial charge in [-0.3, -0.25) is 5.43 Å². The van der Waals surface area contributed by atoms with Crippen molar-refractivity contribution in [3.8, 4) is 0 Å². The van der Waals surface area contributed by atoms with Crippen LogP contribution in [0.1, 0.15) is 6.42 Å². The number of nitrogens with two attached hydrogens (primary N) is 1. The zero-order chi connectivity index (χ0) is 13.2. The number of hydrogen-bond donors (Lipinski definition) is 2. The van der Waals surface area contributed by atoms with E-state index in [-0.39, 0.29) is 29.8 Å². The van der Waals surface area contributed by atoms with Gasteiger partial charge in [0.2, 0.25) is 5.95 Å². The summed E-state index contributed by atoms with van der Waals surface area (Å²) in [5.74, 6) is 4.87. The number of hydrazine groups is 1. The van der Waals surface area contributed by atoms with E-state index in [1.807, 2.05) is 0 Å². The van der Waals surface area contributed by atoms with Crippen molar-refractivity contribution in [2.24, 2.45) is 5.84 Å². The Kier molecular flexibility index (Phi) is 3.62. The van der Waals surface area contributed by atoms with Gasteiger partial charge in [-0.15, -0.1) is 0 Å². The summed E-state index contributed by atoms with van der Waals surface area (Å²) < 4.78 is 36.6. The second-order valence-electron chi connectivity index (χ2n) is 4.00. The van der Waals surface area contributed by atoms with Crippen LogP contribution >= 0.6 is 0 Å². The van der Waals surface area contributed by atoms with Crippen LogP contribution in [0, 0.1) is 5.82 Å². The molecule has 0 atom stereocenters. The Balaban J connectivity index is 2.25. The van der Waals surface area contributed by atoms with Crippen LogP contribution in [0.15, 0.2) is 6.20 Å². The third-order valence-corrected chi connectivity index (χ3v) is 4.43. The van der Waals surface area contributed by atoms with Crippen molar-refractivity contribution in [3.63, 3.8) is 0 Å². The molecule has 0 radical (unpaired) electrons. The minimum Gasteiger partial charge on any atom is -0.353 e. The Morgan fingerprint density at radius 1 is 1.39 bits per heavy atom. The number of hydrogen-bond acceptors (Lipinski definition) is 7. The normalized spacial score (nSPS) is 19.3. The summed E-state index contributed by atoms with van der Waals surface area (Å²) in [5.41, 5.74) is 2.23. The van der Waals surface area contributed by atoms with Gasteiger partial charge >= 0.3 is 0 Å². The van der Waals surface area contributed by atoms with E-state index in [1.165, 1.54) is 0 Å². The highest BCUT2D eigenvalue weighted by molar-refractivity contribution is 7.91. The maximum Gasteiger partial charge on any atom is 0.239 e. The molecule has 1 aromatic rings. The van der Waals surface area contributed by atoms with E-state index in [4.69, 9.17) is 5.84 Å². The first-order valence-corrected chi connectivity index (χ1v) is 7.28. The van der Waals surface area contributed by atoms with Gasteiger partial charge in [0, 0.05) is 13.1 Å². The lowest BCUT2D eigenvalue weighted by molar-refractivity contribution is 0.596. The van der Waals surface area contributed by atoms with Crippen LogP contribution < -0.4 is 16.2 Å². The van der Waals surface area contributed by atoms with Crippen LogP contribution in [0.5, 0.6) is 0 Å². The molecule has 1 fully saturated rings. The van der Waals surface area contributed by atoms with Crippen LogP contribution in [-0.2, 0) is 9.84 Å². The lowest BCUT2D eigenvalue weighted by Crippen LogP contribution is -2.29. The van der Waals surface area contributed by atoms with E-state index < -0.39 is 15.7 Å². The first-order valence-electron chi connectivity index (χ1n) is 5.46. The number of aromatic nitrogens is 2. The van der Waals surface area contributed by atoms with E-state index in [9.17, 15) is 12.8 Å². The fourth-order valence-electron chi connectivity index (χ4n) is 1.80. The summed E-state index contributed by atoms with van der Waals surface area (Å²) in [7, 11) is -3.04. The van der Waals surface area contributed by atoms with Gasteiger partial charge in [0.15, 0.2) is 21.5 Å². The average Bonchev–Trinajstić information content (AvgIpc) is 2.51. The third-order valence-electron chi connectivity index (χ3n) is 2.71. The van der Waals surface area contributed by atoms with Crippen LogP contribution in [0.2, 0.25) is 0 Å². The molecule has 0 unspecified atom stereocenters.